The van der Waals surface area contributed by atoms with E-state index in [-0.39, 0.29) is 11.6 Å². The molecule has 0 radical (unpaired) electrons. The van der Waals surface area contributed by atoms with Crippen LogP contribution in [0.25, 0.3) is 11.1 Å². The molecule has 0 aliphatic heterocycles. The van der Waals surface area contributed by atoms with E-state index in [1.807, 2.05) is 38.1 Å². The number of aryl methyl sites for hydroxylation is 1. The monoisotopic (exact) mass is 468 g/mol. The van der Waals surface area contributed by atoms with Crippen LogP contribution in [0.15, 0.2) is 24.3 Å². The lowest BCUT2D eigenvalue weighted by Crippen LogP contribution is -2.60. The van der Waals surface area contributed by atoms with Crippen LogP contribution in [0.3, 0.4) is 0 Å². The van der Waals surface area contributed by atoms with Gasteiger partial charge in [-0.2, -0.15) is 0 Å². The first kappa shape index (κ1) is 22.3. The first-order valence-electron chi connectivity index (χ1n) is 11.9. The van der Waals surface area contributed by atoms with Gasteiger partial charge in [0.05, 0.1) is 13.7 Å². The van der Waals surface area contributed by atoms with Crippen molar-refractivity contribution in [1.82, 2.24) is 5.32 Å². The van der Waals surface area contributed by atoms with E-state index in [1.165, 1.54) is 37.7 Å². The molecule has 176 valence electrons. The Bertz CT molecular complexity index is 1020. The van der Waals surface area contributed by atoms with E-state index in [4.69, 9.17) is 9.47 Å². The first-order valence-corrected chi connectivity index (χ1v) is 12.8. The first-order chi connectivity index (χ1) is 15.9. The third kappa shape index (κ3) is 4.23. The Morgan fingerprint density at radius 2 is 1.67 bits per heavy atom. The number of carbonyl (C=O) groups excluding carboxylic acids is 2. The highest BCUT2D eigenvalue weighted by atomic mass is 32.1. The summed E-state index contributed by atoms with van der Waals surface area (Å²) in [4.78, 5) is 26.9. The van der Waals surface area contributed by atoms with Crippen LogP contribution in [-0.4, -0.2) is 31.3 Å². The van der Waals surface area contributed by atoms with E-state index >= 15 is 0 Å². The Balaban J connectivity index is 1.39. The van der Waals surface area contributed by atoms with Gasteiger partial charge in [0.15, 0.2) is 0 Å². The van der Waals surface area contributed by atoms with Crippen molar-refractivity contribution in [3.05, 3.63) is 34.7 Å². The Kier molecular flexibility index (Phi) is 5.85. The average molecular weight is 469 g/mol. The summed E-state index contributed by atoms with van der Waals surface area (Å²) in [6.07, 6.45) is 7.21. The molecule has 7 heteroatoms. The number of nitrogens with one attached hydrogen (secondary N) is 2. The summed E-state index contributed by atoms with van der Waals surface area (Å²) >= 11 is 1.41. The number of carbonyl (C=O) groups is 2. The topological polar surface area (TPSA) is 76.7 Å². The van der Waals surface area contributed by atoms with Crippen molar-refractivity contribution >= 4 is 28.3 Å². The highest BCUT2D eigenvalue weighted by molar-refractivity contribution is 7.17. The molecular weight excluding hydrogens is 436 g/mol. The molecule has 2 N–H and O–H groups in total. The third-order valence-electron chi connectivity index (χ3n) is 7.57. The zero-order valence-electron chi connectivity index (χ0n) is 19.5. The van der Waals surface area contributed by atoms with Crippen LogP contribution in [-0.2, 0) is 4.74 Å². The quantitative estimate of drug-likeness (QED) is 0.510. The van der Waals surface area contributed by atoms with Gasteiger partial charge in [-0.05, 0) is 87.8 Å². The van der Waals surface area contributed by atoms with E-state index in [9.17, 15) is 9.59 Å². The lowest BCUT2D eigenvalue weighted by Gasteiger charge is -2.56. The van der Waals surface area contributed by atoms with Gasteiger partial charge in [0, 0.05) is 16.0 Å². The minimum Gasteiger partial charge on any atom is -0.494 e. The van der Waals surface area contributed by atoms with Crippen LogP contribution in [0.2, 0.25) is 0 Å². The second-order valence-corrected chi connectivity index (χ2v) is 11.2. The number of benzene rings is 1. The molecule has 1 aromatic heterocycles. The number of rotatable bonds is 6. The Labute approximate surface area is 199 Å². The molecule has 4 aliphatic carbocycles. The van der Waals surface area contributed by atoms with Crippen molar-refractivity contribution in [1.29, 1.82) is 0 Å². The van der Waals surface area contributed by atoms with Crippen molar-refractivity contribution in [2.75, 3.05) is 19.0 Å². The minimum atomic E-state index is -0.451. The number of amides is 2. The van der Waals surface area contributed by atoms with Gasteiger partial charge in [0.25, 0.3) is 0 Å². The molecule has 4 saturated carbocycles. The summed E-state index contributed by atoms with van der Waals surface area (Å²) in [5.74, 6) is 2.57. The van der Waals surface area contributed by atoms with Gasteiger partial charge in [-0.1, -0.05) is 12.1 Å². The summed E-state index contributed by atoms with van der Waals surface area (Å²) in [5.41, 5.74) is 2.00. The van der Waals surface area contributed by atoms with E-state index in [0.29, 0.717) is 17.2 Å². The fraction of sp³-hybridized carbons (Fsp3) is 0.538. The lowest BCUT2D eigenvalue weighted by atomic mass is 9.53. The molecular formula is C26H32N2O4S. The second kappa shape index (κ2) is 8.67. The summed E-state index contributed by atoms with van der Waals surface area (Å²) in [6, 6.07) is 7.44. The SMILES string of the molecule is CCOc1ccc(-c2c(C)sc(NC(=O)NC34CC5CC(CC(C5)C3)C4)c2C(=O)OC)cc1. The normalized spacial score (nSPS) is 27.3. The fourth-order valence-corrected chi connectivity index (χ4v) is 7.86. The summed E-state index contributed by atoms with van der Waals surface area (Å²) in [7, 11) is 1.37. The van der Waals surface area contributed by atoms with Gasteiger partial charge in [0.2, 0.25) is 0 Å². The van der Waals surface area contributed by atoms with Gasteiger partial charge in [-0.25, -0.2) is 9.59 Å². The molecule has 1 heterocycles. The molecule has 4 fully saturated rings. The fourth-order valence-electron chi connectivity index (χ4n) is 6.80. The number of thiophene rings is 1. The smallest absolute Gasteiger partial charge is 0.341 e. The molecule has 0 spiro atoms. The zero-order chi connectivity index (χ0) is 23.2. The van der Waals surface area contributed by atoms with E-state index in [0.717, 1.165) is 58.8 Å². The molecule has 2 amide bonds. The predicted octanol–water partition coefficient (Wildman–Crippen LogP) is 6.00. The number of urea groups is 1. The van der Waals surface area contributed by atoms with Crippen molar-refractivity contribution in [3.63, 3.8) is 0 Å². The number of hydrogen-bond donors (Lipinski definition) is 2. The van der Waals surface area contributed by atoms with Crippen molar-refractivity contribution in [2.45, 2.75) is 57.9 Å². The molecule has 4 aliphatic rings. The van der Waals surface area contributed by atoms with E-state index in [1.54, 1.807) is 0 Å². The maximum absolute atomic E-state index is 13.1. The summed E-state index contributed by atoms with van der Waals surface area (Å²) in [6.45, 7) is 4.50. The summed E-state index contributed by atoms with van der Waals surface area (Å²) in [5, 5.41) is 6.87. The Hall–Kier alpha value is -2.54. The number of hydrogen-bond acceptors (Lipinski definition) is 5. The molecule has 2 aromatic rings. The standard InChI is InChI=1S/C26H32N2O4S/c1-4-32-20-7-5-19(6-8-20)21-15(2)33-23(22(21)24(29)31-3)27-25(30)28-26-12-16-9-17(13-26)11-18(10-16)14-26/h5-8,16-18H,4,9-14H2,1-3H3,(H2,27,28,30). The number of methoxy groups -OCH3 is 1. The minimum absolute atomic E-state index is 0.0888. The second-order valence-electron chi connectivity index (χ2n) is 9.96. The van der Waals surface area contributed by atoms with Crippen LogP contribution in [0.4, 0.5) is 9.80 Å². The van der Waals surface area contributed by atoms with E-state index < -0.39 is 5.97 Å². The van der Waals surface area contributed by atoms with Crippen LogP contribution < -0.4 is 15.4 Å². The third-order valence-corrected chi connectivity index (χ3v) is 8.59. The molecule has 33 heavy (non-hydrogen) atoms. The number of esters is 1. The molecule has 1 aromatic carbocycles. The Morgan fingerprint density at radius 1 is 1.06 bits per heavy atom. The molecule has 0 atom stereocenters. The highest BCUT2D eigenvalue weighted by Gasteiger charge is 2.51. The number of ether oxygens (including phenoxy) is 2. The lowest BCUT2D eigenvalue weighted by molar-refractivity contribution is -0.0127. The predicted molar refractivity (Wildman–Crippen MR) is 130 cm³/mol. The van der Waals surface area contributed by atoms with Crippen LogP contribution in [0.1, 0.15) is 60.7 Å². The zero-order valence-corrected chi connectivity index (χ0v) is 20.3. The molecule has 0 saturated heterocycles. The maximum atomic E-state index is 13.1. The van der Waals surface area contributed by atoms with Gasteiger partial charge < -0.3 is 14.8 Å². The Morgan fingerprint density at radius 3 is 2.21 bits per heavy atom. The summed E-state index contributed by atoms with van der Waals surface area (Å²) < 4.78 is 10.6. The molecule has 6 nitrogen and oxygen atoms in total. The van der Waals surface area contributed by atoms with Crippen molar-refractivity contribution < 1.29 is 19.1 Å². The van der Waals surface area contributed by atoms with Gasteiger partial charge in [-0.15, -0.1) is 11.3 Å². The van der Waals surface area contributed by atoms with Crippen LogP contribution in [0.5, 0.6) is 5.75 Å². The van der Waals surface area contributed by atoms with Crippen LogP contribution >= 0.6 is 11.3 Å². The molecule has 6 rings (SSSR count). The van der Waals surface area contributed by atoms with Crippen LogP contribution in [0, 0.1) is 24.7 Å². The van der Waals surface area contributed by atoms with Gasteiger partial charge in [0.1, 0.15) is 16.3 Å². The molecule has 4 bridgehead atoms. The molecule has 0 unspecified atom stereocenters. The number of anilines is 1. The maximum Gasteiger partial charge on any atom is 0.341 e. The van der Waals surface area contributed by atoms with Crippen molar-refractivity contribution in [3.8, 4) is 16.9 Å². The largest absolute Gasteiger partial charge is 0.494 e. The van der Waals surface area contributed by atoms with Gasteiger partial charge in [-0.3, -0.25) is 5.32 Å². The van der Waals surface area contributed by atoms with Gasteiger partial charge >= 0.3 is 12.0 Å². The van der Waals surface area contributed by atoms with E-state index in [2.05, 4.69) is 10.6 Å². The average Bonchev–Trinajstić information content (AvgIpc) is 3.08. The van der Waals surface area contributed by atoms with Crippen molar-refractivity contribution in [2.24, 2.45) is 17.8 Å². The highest BCUT2D eigenvalue weighted by Crippen LogP contribution is 2.55.